The van der Waals surface area contributed by atoms with E-state index in [1.54, 1.807) is 23.7 Å². The summed E-state index contributed by atoms with van der Waals surface area (Å²) in [5, 5.41) is 10.1. The van der Waals surface area contributed by atoms with Crippen LogP contribution in [-0.4, -0.2) is 40.7 Å². The maximum absolute atomic E-state index is 11.6. The minimum absolute atomic E-state index is 0.0980. The summed E-state index contributed by atoms with van der Waals surface area (Å²) in [6.07, 6.45) is 0. The molecule has 1 aliphatic heterocycles. The average molecular weight is 245 g/mol. The number of carbonyl (C=O) groups excluding carboxylic acids is 1. The van der Waals surface area contributed by atoms with Crippen molar-refractivity contribution in [3.8, 4) is 0 Å². The number of urea groups is 1. The van der Waals surface area contributed by atoms with Gasteiger partial charge in [0.05, 0.1) is 6.67 Å². The fourth-order valence-corrected chi connectivity index (χ4v) is 2.87. The summed E-state index contributed by atoms with van der Waals surface area (Å²) >= 11 is 3.07. The number of hydrogen-bond acceptors (Lipinski definition) is 6. The summed E-state index contributed by atoms with van der Waals surface area (Å²) in [7, 11) is 1.69. The van der Waals surface area contributed by atoms with Crippen molar-refractivity contribution in [2.45, 2.75) is 11.3 Å². The molecule has 1 N–H and O–H groups in total. The van der Waals surface area contributed by atoms with Gasteiger partial charge in [-0.05, 0) is 5.75 Å². The van der Waals surface area contributed by atoms with Crippen LogP contribution in [0.4, 0.5) is 9.93 Å². The molecule has 1 aromatic heterocycles. The van der Waals surface area contributed by atoms with Crippen LogP contribution < -0.4 is 10.3 Å². The van der Waals surface area contributed by atoms with Gasteiger partial charge in [0.15, 0.2) is 4.34 Å². The molecule has 1 aliphatic rings. The predicted molar refractivity (Wildman–Crippen MR) is 59.9 cm³/mol. The highest BCUT2D eigenvalue weighted by Crippen LogP contribution is 2.28. The second-order valence-corrected chi connectivity index (χ2v) is 5.34. The molecule has 0 aliphatic carbocycles. The van der Waals surface area contributed by atoms with Crippen LogP contribution >= 0.6 is 23.1 Å². The first-order chi connectivity index (χ1) is 7.22. The first kappa shape index (κ1) is 10.7. The monoisotopic (exact) mass is 245 g/mol. The maximum atomic E-state index is 11.6. The molecule has 1 aromatic rings. The normalized spacial score (nSPS) is 16.5. The number of hydrazine groups is 1. The predicted octanol–water partition coefficient (Wildman–Crippen LogP) is 0.984. The van der Waals surface area contributed by atoms with Crippen LogP contribution in [0.15, 0.2) is 4.34 Å². The number of thioether (sulfide) groups is 1. The fraction of sp³-hybridized carbons (Fsp3) is 0.571. The molecule has 2 amide bonds. The summed E-state index contributed by atoms with van der Waals surface area (Å²) in [6, 6.07) is -0.0980. The Morgan fingerprint density at radius 3 is 3.00 bits per heavy atom. The maximum Gasteiger partial charge on any atom is 0.341 e. The van der Waals surface area contributed by atoms with Crippen molar-refractivity contribution >= 4 is 34.3 Å². The molecule has 0 radical (unpaired) electrons. The van der Waals surface area contributed by atoms with Crippen molar-refractivity contribution in [1.82, 2.24) is 20.6 Å². The van der Waals surface area contributed by atoms with Crippen LogP contribution in [0.2, 0.25) is 0 Å². The topological polar surface area (TPSA) is 61.4 Å². The van der Waals surface area contributed by atoms with Gasteiger partial charge in [-0.15, -0.1) is 10.2 Å². The molecular formula is C7H11N5OS2. The van der Waals surface area contributed by atoms with E-state index in [1.807, 2.05) is 0 Å². The van der Waals surface area contributed by atoms with Gasteiger partial charge >= 0.3 is 6.03 Å². The molecule has 82 valence electrons. The Hall–Kier alpha value is -0.860. The van der Waals surface area contributed by atoms with E-state index in [4.69, 9.17) is 0 Å². The average Bonchev–Trinajstić information content (AvgIpc) is 2.77. The number of hydrogen-bond donors (Lipinski definition) is 1. The Morgan fingerprint density at radius 1 is 1.60 bits per heavy atom. The third kappa shape index (κ3) is 2.06. The smallest absolute Gasteiger partial charge is 0.261 e. The van der Waals surface area contributed by atoms with Gasteiger partial charge in [-0.1, -0.05) is 30.0 Å². The molecule has 0 saturated carbocycles. The van der Waals surface area contributed by atoms with Crippen LogP contribution in [0, 0.1) is 0 Å². The van der Waals surface area contributed by atoms with Crippen molar-refractivity contribution in [3.05, 3.63) is 0 Å². The second kappa shape index (κ2) is 4.33. The molecule has 0 atom stereocenters. The Balaban J connectivity index is 2.12. The molecule has 1 fully saturated rings. The lowest BCUT2D eigenvalue weighted by Gasteiger charge is -2.08. The number of carbonyl (C=O) groups is 1. The summed E-state index contributed by atoms with van der Waals surface area (Å²) in [6.45, 7) is 2.52. The summed E-state index contributed by atoms with van der Waals surface area (Å²) in [5.41, 5.74) is 2.90. The van der Waals surface area contributed by atoms with Gasteiger partial charge in [-0.25, -0.2) is 10.2 Å². The van der Waals surface area contributed by atoms with Gasteiger partial charge < -0.3 is 0 Å². The summed E-state index contributed by atoms with van der Waals surface area (Å²) in [5.74, 6) is 0.959. The lowest BCUT2D eigenvalue weighted by atomic mass is 10.8. The third-order valence-corrected chi connectivity index (χ3v) is 3.84. The SMILES string of the molecule is CCSc1nnc(N2CNN(C)C2=O)s1. The molecule has 8 heteroatoms. The van der Waals surface area contributed by atoms with Gasteiger partial charge in [0.25, 0.3) is 0 Å². The van der Waals surface area contributed by atoms with Gasteiger partial charge in [0, 0.05) is 7.05 Å². The standard InChI is InChI=1S/C7H11N5OS2/c1-3-14-6-10-9-5(15-6)12-4-8-11(2)7(12)13/h8H,3-4H2,1-2H3. The fourth-order valence-electron chi connectivity index (χ4n) is 1.14. The number of amides is 2. The quantitative estimate of drug-likeness (QED) is 0.635. The first-order valence-electron chi connectivity index (χ1n) is 4.47. The third-order valence-electron chi connectivity index (χ3n) is 1.88. The lowest BCUT2D eigenvalue weighted by molar-refractivity contribution is 0.217. The van der Waals surface area contributed by atoms with Crippen molar-refractivity contribution in [1.29, 1.82) is 0 Å². The molecule has 0 aromatic carbocycles. The van der Waals surface area contributed by atoms with Crippen LogP contribution in [-0.2, 0) is 0 Å². The molecule has 1 saturated heterocycles. The van der Waals surface area contributed by atoms with Crippen molar-refractivity contribution in [2.24, 2.45) is 0 Å². The Morgan fingerprint density at radius 2 is 2.40 bits per heavy atom. The molecule has 2 rings (SSSR count). The first-order valence-corrected chi connectivity index (χ1v) is 6.27. The highest BCUT2D eigenvalue weighted by molar-refractivity contribution is 8.01. The minimum atomic E-state index is -0.0980. The second-order valence-electron chi connectivity index (χ2n) is 2.87. The number of nitrogens with zero attached hydrogens (tertiary/aromatic N) is 4. The number of aromatic nitrogens is 2. The van der Waals surface area contributed by atoms with E-state index < -0.39 is 0 Å². The number of anilines is 1. The number of nitrogens with one attached hydrogen (secondary N) is 1. The molecule has 6 nitrogen and oxygen atoms in total. The number of rotatable bonds is 3. The van der Waals surface area contributed by atoms with E-state index in [0.717, 1.165) is 10.1 Å². The highest BCUT2D eigenvalue weighted by Gasteiger charge is 2.29. The molecule has 0 spiro atoms. The van der Waals surface area contributed by atoms with E-state index in [2.05, 4.69) is 22.5 Å². The molecule has 15 heavy (non-hydrogen) atoms. The van der Waals surface area contributed by atoms with Gasteiger partial charge in [-0.3, -0.25) is 9.91 Å². The highest BCUT2D eigenvalue weighted by atomic mass is 32.2. The van der Waals surface area contributed by atoms with Crippen LogP contribution in [0.3, 0.4) is 0 Å². The van der Waals surface area contributed by atoms with Crippen LogP contribution in [0.1, 0.15) is 6.92 Å². The van der Waals surface area contributed by atoms with Gasteiger partial charge in [-0.2, -0.15) is 0 Å². The van der Waals surface area contributed by atoms with E-state index in [9.17, 15) is 4.79 Å². The Kier molecular flexibility index (Phi) is 3.08. The summed E-state index contributed by atoms with van der Waals surface area (Å²) in [4.78, 5) is 13.2. The van der Waals surface area contributed by atoms with Gasteiger partial charge in [0.2, 0.25) is 5.13 Å². The zero-order valence-electron chi connectivity index (χ0n) is 8.43. The van der Waals surface area contributed by atoms with Crippen molar-refractivity contribution < 1.29 is 4.79 Å². The molecule has 0 unspecified atom stereocenters. The lowest BCUT2D eigenvalue weighted by Crippen LogP contribution is -2.31. The van der Waals surface area contributed by atoms with E-state index in [0.29, 0.717) is 11.8 Å². The van der Waals surface area contributed by atoms with Crippen LogP contribution in [0.25, 0.3) is 0 Å². The van der Waals surface area contributed by atoms with E-state index in [1.165, 1.54) is 16.3 Å². The Bertz CT molecular complexity index is 368. The van der Waals surface area contributed by atoms with Crippen molar-refractivity contribution in [3.63, 3.8) is 0 Å². The van der Waals surface area contributed by atoms with Crippen molar-refractivity contribution in [2.75, 3.05) is 24.4 Å². The molecule has 0 bridgehead atoms. The summed E-state index contributed by atoms with van der Waals surface area (Å²) < 4.78 is 0.898. The minimum Gasteiger partial charge on any atom is -0.261 e. The molecule has 2 heterocycles. The Labute approximate surface area is 95.6 Å². The van der Waals surface area contributed by atoms with E-state index >= 15 is 0 Å². The zero-order chi connectivity index (χ0) is 10.8. The molecular weight excluding hydrogens is 234 g/mol. The zero-order valence-corrected chi connectivity index (χ0v) is 10.1. The largest absolute Gasteiger partial charge is 0.341 e. The van der Waals surface area contributed by atoms with Crippen LogP contribution in [0.5, 0.6) is 0 Å². The van der Waals surface area contributed by atoms with Gasteiger partial charge in [0.1, 0.15) is 0 Å². The van der Waals surface area contributed by atoms with E-state index in [-0.39, 0.29) is 6.03 Å².